The molecule has 0 atom stereocenters. The van der Waals surface area contributed by atoms with Crippen LogP contribution in [0.2, 0.25) is 0 Å². The van der Waals surface area contributed by atoms with Crippen molar-refractivity contribution < 1.29 is 41.0 Å². The van der Waals surface area contributed by atoms with Crippen LogP contribution in [0.4, 0.5) is 26.3 Å². The molecule has 0 aliphatic heterocycles. The third-order valence-electron chi connectivity index (χ3n) is 8.94. The molecule has 19 heteroatoms. The molecule has 0 aliphatic carbocycles. The topological polar surface area (TPSA) is 157 Å². The molecule has 2 heterocycles. The lowest BCUT2D eigenvalue weighted by Crippen LogP contribution is -2.34. The van der Waals surface area contributed by atoms with E-state index in [1.54, 1.807) is 23.1 Å². The summed E-state index contributed by atoms with van der Waals surface area (Å²) < 4.78 is 76.3. The summed E-state index contributed by atoms with van der Waals surface area (Å²) in [5, 5.41) is 35.8. The molecule has 0 aliphatic rings. The average Bonchev–Trinajstić information content (AvgIpc) is 3.89. The number of alkyl halides is 6. The quantitative estimate of drug-likeness (QED) is 0.105. The van der Waals surface area contributed by atoms with E-state index in [0.717, 1.165) is 64.4 Å². The smallest absolute Gasteiger partial charge is 0.416 e. The van der Waals surface area contributed by atoms with E-state index >= 15 is 0 Å². The Balaban J connectivity index is 0.000000244. The molecule has 0 unspecified atom stereocenters. The van der Waals surface area contributed by atoms with Gasteiger partial charge in [0.1, 0.15) is 6.54 Å². The summed E-state index contributed by atoms with van der Waals surface area (Å²) in [5.74, 6) is -0.562. The van der Waals surface area contributed by atoms with E-state index in [4.69, 9.17) is 5.11 Å². The van der Waals surface area contributed by atoms with Crippen molar-refractivity contribution in [2.24, 2.45) is 0 Å². The molecule has 4 aromatic carbocycles. The van der Waals surface area contributed by atoms with E-state index in [0.29, 0.717) is 42.9 Å². The standard InChI is InChI=1S/C21H22F3N5O.C17H13F3N4O2.C4H11N/c1-3-28(4-2)19(30)14-29-26-20(25-27-29)18-8-6-5-7-16(18)13-15-9-11-17(12-10-15)21(22,23)24;18-17(19,20)13-7-5-11(6-8-13)9-12-3-1-2-4-14(12)16-21-23-24(22-16)10-15(25)26;1-3-5-4-2/h5-12H,3-4,13-14H2,1-2H3;1-8H,9-10H2,(H,25,26);5H,3-4H2,1-2H3. The highest BCUT2D eigenvalue weighted by atomic mass is 19.4. The van der Waals surface area contributed by atoms with Crippen molar-refractivity contribution in [3.63, 3.8) is 0 Å². The first-order chi connectivity index (χ1) is 29.1. The first kappa shape index (κ1) is 47.2. The van der Waals surface area contributed by atoms with Crippen LogP contribution in [-0.2, 0) is 47.9 Å². The molecule has 0 bridgehead atoms. The Bertz CT molecular complexity index is 2290. The largest absolute Gasteiger partial charge is 0.480 e. The molecule has 2 N–H and O–H groups in total. The zero-order chi connectivity index (χ0) is 44.6. The van der Waals surface area contributed by atoms with Crippen molar-refractivity contribution in [1.29, 1.82) is 0 Å². The van der Waals surface area contributed by atoms with Gasteiger partial charge >= 0.3 is 18.3 Å². The number of nitrogens with zero attached hydrogens (tertiary/aromatic N) is 9. The van der Waals surface area contributed by atoms with Gasteiger partial charge < -0.3 is 15.3 Å². The number of halogens is 6. The van der Waals surface area contributed by atoms with Crippen LogP contribution in [0.5, 0.6) is 0 Å². The number of likely N-dealkylation sites (N-methyl/N-ethyl adjacent to an activating group) is 1. The lowest BCUT2D eigenvalue weighted by Gasteiger charge is -2.17. The van der Waals surface area contributed by atoms with Crippen molar-refractivity contribution in [3.8, 4) is 22.8 Å². The maximum Gasteiger partial charge on any atom is 0.416 e. The Kier molecular flexibility index (Phi) is 17.2. The van der Waals surface area contributed by atoms with Gasteiger partial charge in [-0.05, 0) is 96.7 Å². The summed E-state index contributed by atoms with van der Waals surface area (Å²) >= 11 is 0. The van der Waals surface area contributed by atoms with Crippen LogP contribution in [0, 0.1) is 0 Å². The van der Waals surface area contributed by atoms with Crippen molar-refractivity contribution in [3.05, 3.63) is 130 Å². The SMILES string of the molecule is CCN(CC)C(=O)Cn1nnc(-c2ccccc2Cc2ccc(C(F)(F)F)cc2)n1.CCNCC.O=C(O)Cn1nnc(-c2ccccc2Cc2ccc(C(F)(F)F)cc2)n1. The number of nitrogens with one attached hydrogen (secondary N) is 1. The number of carbonyl (C=O) groups excluding carboxylic acids is 1. The van der Waals surface area contributed by atoms with E-state index in [1.807, 2.05) is 44.2 Å². The molecule has 0 saturated heterocycles. The highest BCUT2D eigenvalue weighted by Gasteiger charge is 2.31. The van der Waals surface area contributed by atoms with E-state index in [9.17, 15) is 35.9 Å². The lowest BCUT2D eigenvalue weighted by atomic mass is 9.98. The van der Waals surface area contributed by atoms with Crippen molar-refractivity contribution in [1.82, 2.24) is 50.6 Å². The van der Waals surface area contributed by atoms with Gasteiger partial charge in [0.15, 0.2) is 6.54 Å². The summed E-state index contributed by atoms with van der Waals surface area (Å²) in [7, 11) is 0. The number of carboxylic acid groups (broad SMARTS) is 1. The fourth-order valence-corrected chi connectivity index (χ4v) is 5.85. The van der Waals surface area contributed by atoms with E-state index in [-0.39, 0.29) is 18.3 Å². The third kappa shape index (κ3) is 14.3. The van der Waals surface area contributed by atoms with Crippen LogP contribution in [0.3, 0.4) is 0 Å². The van der Waals surface area contributed by atoms with Crippen LogP contribution in [0.1, 0.15) is 61.1 Å². The minimum absolute atomic E-state index is 0.00421. The number of aliphatic carboxylic acids is 1. The molecule has 13 nitrogen and oxygen atoms in total. The molecule has 0 fully saturated rings. The van der Waals surface area contributed by atoms with Crippen LogP contribution < -0.4 is 5.32 Å². The normalized spacial score (nSPS) is 11.2. The third-order valence-corrected chi connectivity index (χ3v) is 8.94. The molecule has 6 aromatic rings. The number of hydrogen-bond acceptors (Lipinski definition) is 9. The van der Waals surface area contributed by atoms with Gasteiger partial charge in [-0.15, -0.1) is 20.4 Å². The molecule has 324 valence electrons. The number of benzene rings is 4. The fraction of sp³-hybridized carbons (Fsp3) is 0.333. The highest BCUT2D eigenvalue weighted by Crippen LogP contribution is 2.31. The van der Waals surface area contributed by atoms with Crippen LogP contribution >= 0.6 is 0 Å². The zero-order valence-electron chi connectivity index (χ0n) is 34.0. The number of rotatable bonds is 14. The molecular weight excluding hydrogens is 807 g/mol. The molecule has 0 saturated carbocycles. The van der Waals surface area contributed by atoms with Gasteiger partial charge in [0.25, 0.3) is 0 Å². The van der Waals surface area contributed by atoms with Crippen molar-refractivity contribution >= 4 is 11.9 Å². The number of carboxylic acids is 1. The van der Waals surface area contributed by atoms with Crippen molar-refractivity contribution in [2.75, 3.05) is 26.2 Å². The summed E-state index contributed by atoms with van der Waals surface area (Å²) in [6, 6.07) is 24.5. The molecule has 0 spiro atoms. The summed E-state index contributed by atoms with van der Waals surface area (Å²) in [4.78, 5) is 26.9. The second kappa shape index (κ2) is 22.2. The average molecular weight is 853 g/mol. The van der Waals surface area contributed by atoms with E-state index in [1.165, 1.54) is 29.1 Å². The number of hydrogen-bond donors (Lipinski definition) is 2. The number of amides is 1. The number of tetrazole rings is 2. The zero-order valence-corrected chi connectivity index (χ0v) is 34.0. The highest BCUT2D eigenvalue weighted by molar-refractivity contribution is 5.75. The minimum Gasteiger partial charge on any atom is -0.480 e. The van der Waals surface area contributed by atoms with Crippen molar-refractivity contribution in [2.45, 2.75) is 66.0 Å². The van der Waals surface area contributed by atoms with Gasteiger partial charge in [-0.1, -0.05) is 86.6 Å². The Morgan fingerprint density at radius 3 is 1.34 bits per heavy atom. The first-order valence-corrected chi connectivity index (χ1v) is 19.3. The molecule has 2 aromatic heterocycles. The van der Waals surface area contributed by atoms with Gasteiger partial charge in [0, 0.05) is 24.2 Å². The Hall–Kier alpha value is -6.50. The van der Waals surface area contributed by atoms with Crippen LogP contribution in [-0.4, -0.2) is 88.5 Å². The fourth-order valence-electron chi connectivity index (χ4n) is 5.85. The predicted molar refractivity (Wildman–Crippen MR) is 215 cm³/mol. The summed E-state index contributed by atoms with van der Waals surface area (Å²) in [6.07, 6.45) is -7.94. The maximum absolute atomic E-state index is 12.8. The van der Waals surface area contributed by atoms with Gasteiger partial charge in [-0.2, -0.15) is 35.9 Å². The molecule has 0 radical (unpaired) electrons. The van der Waals surface area contributed by atoms with E-state index < -0.39 is 36.0 Å². The Labute approximate surface area is 348 Å². The van der Waals surface area contributed by atoms with Gasteiger partial charge in [0.05, 0.1) is 11.1 Å². The first-order valence-electron chi connectivity index (χ1n) is 19.3. The number of aromatic nitrogens is 8. The molecule has 61 heavy (non-hydrogen) atoms. The monoisotopic (exact) mass is 852 g/mol. The maximum atomic E-state index is 12.8. The van der Waals surface area contributed by atoms with Gasteiger partial charge in [-0.3, -0.25) is 9.59 Å². The summed E-state index contributed by atoms with van der Waals surface area (Å²) in [6.45, 7) is 11.0. The van der Waals surface area contributed by atoms with Crippen LogP contribution in [0.15, 0.2) is 97.1 Å². The Morgan fingerprint density at radius 1 is 0.607 bits per heavy atom. The van der Waals surface area contributed by atoms with Gasteiger partial charge in [0.2, 0.25) is 17.6 Å². The second-order valence-corrected chi connectivity index (χ2v) is 13.3. The summed E-state index contributed by atoms with van der Waals surface area (Å²) in [5.41, 5.74) is 3.06. The second-order valence-electron chi connectivity index (χ2n) is 13.3. The van der Waals surface area contributed by atoms with Gasteiger partial charge in [-0.25, -0.2) is 0 Å². The number of carbonyl (C=O) groups is 2. The predicted octanol–water partition coefficient (Wildman–Crippen LogP) is 7.47. The molecular formula is C42H46F6N10O3. The lowest BCUT2D eigenvalue weighted by molar-refractivity contribution is -0.139. The van der Waals surface area contributed by atoms with Crippen LogP contribution in [0.25, 0.3) is 22.8 Å². The molecule has 6 rings (SSSR count). The minimum atomic E-state index is -4.37. The Morgan fingerprint density at radius 2 is 1.00 bits per heavy atom. The molecule has 1 amide bonds. The van der Waals surface area contributed by atoms with E-state index in [2.05, 4.69) is 50.0 Å².